The van der Waals surface area contributed by atoms with Crippen LogP contribution in [0.25, 0.3) is 0 Å². The molecule has 7 nitrogen and oxygen atoms in total. The van der Waals surface area contributed by atoms with E-state index in [1.807, 2.05) is 91.0 Å². The number of rotatable bonds is 17. The van der Waals surface area contributed by atoms with Crippen LogP contribution >= 0.6 is 0 Å². The van der Waals surface area contributed by atoms with E-state index in [1.54, 1.807) is 11.0 Å². The van der Waals surface area contributed by atoms with E-state index in [4.69, 9.17) is 4.74 Å². The molecule has 242 valence electrons. The highest BCUT2D eigenvalue weighted by Crippen LogP contribution is 2.26. The van der Waals surface area contributed by atoms with Crippen LogP contribution in [0, 0.1) is 11.8 Å². The molecule has 7 heteroatoms. The van der Waals surface area contributed by atoms with Gasteiger partial charge >= 0.3 is 5.97 Å². The summed E-state index contributed by atoms with van der Waals surface area (Å²) >= 11 is 0. The fourth-order valence-corrected chi connectivity index (χ4v) is 6.04. The number of ether oxygens (including phenoxy) is 1. The van der Waals surface area contributed by atoms with Gasteiger partial charge < -0.3 is 20.1 Å². The van der Waals surface area contributed by atoms with Gasteiger partial charge in [-0.15, -0.1) is 13.2 Å². The molecule has 0 radical (unpaired) electrons. The van der Waals surface area contributed by atoms with Crippen molar-refractivity contribution >= 4 is 17.8 Å². The van der Waals surface area contributed by atoms with E-state index < -0.39 is 12.0 Å². The Balaban J connectivity index is 1.45. The Kier molecular flexibility index (Phi) is 13.3. The third kappa shape index (κ3) is 9.75. The van der Waals surface area contributed by atoms with E-state index >= 15 is 0 Å². The molecule has 1 aliphatic heterocycles. The van der Waals surface area contributed by atoms with Gasteiger partial charge in [-0.3, -0.25) is 14.4 Å². The molecule has 3 aromatic rings. The molecule has 4 unspecified atom stereocenters. The van der Waals surface area contributed by atoms with E-state index in [0.717, 1.165) is 35.1 Å². The molecule has 0 aliphatic carbocycles. The minimum absolute atomic E-state index is 0.0275. The van der Waals surface area contributed by atoms with E-state index in [0.29, 0.717) is 32.2 Å². The van der Waals surface area contributed by atoms with Crippen molar-refractivity contribution in [2.24, 2.45) is 11.8 Å². The van der Waals surface area contributed by atoms with Crippen LogP contribution in [0.3, 0.4) is 0 Å². The molecule has 4 rings (SSSR count). The molecule has 46 heavy (non-hydrogen) atoms. The maximum Gasteiger partial charge on any atom is 0.309 e. The molecule has 1 aliphatic rings. The Morgan fingerprint density at radius 2 is 1.59 bits per heavy atom. The van der Waals surface area contributed by atoms with Crippen molar-refractivity contribution in [1.29, 1.82) is 0 Å². The second kappa shape index (κ2) is 17.9. The molecule has 2 N–H and O–H groups in total. The van der Waals surface area contributed by atoms with Crippen molar-refractivity contribution < 1.29 is 24.2 Å². The quantitative estimate of drug-likeness (QED) is 0.107. The van der Waals surface area contributed by atoms with Crippen LogP contribution in [0.4, 0.5) is 0 Å². The highest BCUT2D eigenvalue weighted by Gasteiger charge is 2.33. The van der Waals surface area contributed by atoms with Crippen LogP contribution in [0.2, 0.25) is 0 Å². The van der Waals surface area contributed by atoms with Gasteiger partial charge in [0.25, 0.3) is 0 Å². The van der Waals surface area contributed by atoms with Crippen molar-refractivity contribution in [2.75, 3.05) is 13.2 Å². The van der Waals surface area contributed by atoms with Crippen molar-refractivity contribution in [1.82, 2.24) is 10.2 Å². The Morgan fingerprint density at radius 3 is 2.26 bits per heavy atom. The van der Waals surface area contributed by atoms with Gasteiger partial charge in [0.2, 0.25) is 11.8 Å². The van der Waals surface area contributed by atoms with E-state index in [1.165, 1.54) is 0 Å². The SMILES string of the molecule is C=CCCCC(Cc1ccccc1)C(=O)OCC(NC(=O)C(CC=C)CC(=O)N1Cc2ccccc2CC1CO)c1ccccc1. The molecule has 0 fully saturated rings. The number of carbonyl (C=O) groups is 3. The first-order valence-corrected chi connectivity index (χ1v) is 16.2. The standard InChI is InChI=1S/C39H46N2O5/c1-3-5-8-21-33(23-29-16-9-6-10-17-29)39(45)46-28-36(30-18-11-7-12-19-30)40-38(44)32(15-4-2)25-37(43)41-26-34-22-14-13-20-31(34)24-35(41)27-42/h3-4,6-7,9-14,16-20,22,32-33,35-36,42H,1-2,5,8,15,21,23-28H2,(H,40,44). The zero-order valence-electron chi connectivity index (χ0n) is 26.6. The number of amides is 2. The number of hydrogen-bond donors (Lipinski definition) is 2. The summed E-state index contributed by atoms with van der Waals surface area (Å²) in [5, 5.41) is 13.1. The number of benzene rings is 3. The van der Waals surface area contributed by atoms with Crippen LogP contribution in [-0.4, -0.2) is 47.0 Å². The Labute approximate surface area is 273 Å². The molecule has 0 saturated carbocycles. The lowest BCUT2D eigenvalue weighted by Gasteiger charge is -2.36. The lowest BCUT2D eigenvalue weighted by molar-refractivity contribution is -0.150. The zero-order chi connectivity index (χ0) is 32.7. The second-order valence-electron chi connectivity index (χ2n) is 12.0. The molecule has 4 atom stereocenters. The van der Waals surface area contributed by atoms with Gasteiger partial charge in [0.05, 0.1) is 30.5 Å². The average molecular weight is 623 g/mol. The molecule has 0 spiro atoms. The van der Waals surface area contributed by atoms with Crippen LogP contribution in [0.1, 0.15) is 60.4 Å². The fourth-order valence-electron chi connectivity index (χ4n) is 6.04. The fraction of sp³-hybridized carbons (Fsp3) is 0.359. The Bertz CT molecular complexity index is 1440. The van der Waals surface area contributed by atoms with Gasteiger partial charge in [-0.05, 0) is 60.8 Å². The smallest absolute Gasteiger partial charge is 0.309 e. The molecule has 0 bridgehead atoms. The molecule has 0 saturated heterocycles. The van der Waals surface area contributed by atoms with Gasteiger partial charge in [0, 0.05) is 13.0 Å². The number of hydrogen-bond acceptors (Lipinski definition) is 5. The number of aliphatic hydroxyl groups excluding tert-OH is 1. The van der Waals surface area contributed by atoms with Crippen molar-refractivity contribution in [3.63, 3.8) is 0 Å². The van der Waals surface area contributed by atoms with E-state index in [9.17, 15) is 19.5 Å². The minimum atomic E-state index is -0.673. The van der Waals surface area contributed by atoms with Crippen molar-refractivity contribution in [2.45, 2.75) is 63.6 Å². The minimum Gasteiger partial charge on any atom is -0.463 e. The first-order valence-electron chi connectivity index (χ1n) is 16.2. The van der Waals surface area contributed by atoms with Crippen LogP contribution in [0.15, 0.2) is 110 Å². The van der Waals surface area contributed by atoms with Crippen molar-refractivity contribution in [3.8, 4) is 0 Å². The molecule has 2 amide bonds. The molecular weight excluding hydrogens is 576 g/mol. The summed E-state index contributed by atoms with van der Waals surface area (Å²) in [4.78, 5) is 42.5. The monoisotopic (exact) mass is 622 g/mol. The van der Waals surface area contributed by atoms with Gasteiger partial charge in [0.1, 0.15) is 6.61 Å². The van der Waals surface area contributed by atoms with Gasteiger partial charge in [-0.25, -0.2) is 0 Å². The first-order chi connectivity index (χ1) is 22.4. The van der Waals surface area contributed by atoms with Gasteiger partial charge in [-0.1, -0.05) is 97.1 Å². The van der Waals surface area contributed by atoms with Gasteiger partial charge in [-0.2, -0.15) is 0 Å². The maximum atomic E-state index is 13.7. The number of carbonyl (C=O) groups excluding carboxylic acids is 3. The summed E-state index contributed by atoms with van der Waals surface area (Å²) in [5.41, 5.74) is 4.03. The van der Waals surface area contributed by atoms with E-state index in [-0.39, 0.29) is 49.4 Å². The number of fused-ring (bicyclic) bond motifs is 1. The summed E-state index contributed by atoms with van der Waals surface area (Å²) in [6.45, 7) is 7.82. The summed E-state index contributed by atoms with van der Waals surface area (Å²) in [7, 11) is 0. The highest BCUT2D eigenvalue weighted by atomic mass is 16.5. The van der Waals surface area contributed by atoms with Crippen LogP contribution in [0.5, 0.6) is 0 Å². The number of allylic oxidation sites excluding steroid dienone is 2. The van der Waals surface area contributed by atoms with Crippen LogP contribution in [-0.2, 0) is 38.5 Å². The predicted octanol–water partition coefficient (Wildman–Crippen LogP) is 6.13. The third-order valence-electron chi connectivity index (χ3n) is 8.66. The number of unbranched alkanes of at least 4 members (excludes halogenated alkanes) is 1. The van der Waals surface area contributed by atoms with Crippen molar-refractivity contribution in [3.05, 3.63) is 132 Å². The highest BCUT2D eigenvalue weighted by molar-refractivity contribution is 5.86. The largest absolute Gasteiger partial charge is 0.463 e. The van der Waals surface area contributed by atoms with Crippen LogP contribution < -0.4 is 5.32 Å². The number of esters is 1. The number of nitrogens with one attached hydrogen (secondary N) is 1. The van der Waals surface area contributed by atoms with E-state index in [2.05, 4.69) is 18.5 Å². The third-order valence-corrected chi connectivity index (χ3v) is 8.66. The Morgan fingerprint density at radius 1 is 0.913 bits per heavy atom. The summed E-state index contributed by atoms with van der Waals surface area (Å²) in [6, 6.07) is 26.3. The normalized spacial score (nSPS) is 15.9. The molecule has 0 aromatic heterocycles. The summed E-state index contributed by atoms with van der Waals surface area (Å²) in [6.07, 6.45) is 7.21. The lowest BCUT2D eigenvalue weighted by Crippen LogP contribution is -2.47. The zero-order valence-corrected chi connectivity index (χ0v) is 26.6. The second-order valence-corrected chi connectivity index (χ2v) is 12.0. The summed E-state index contributed by atoms with van der Waals surface area (Å²) in [5.74, 6) is -1.81. The topological polar surface area (TPSA) is 95.9 Å². The Hall–Kier alpha value is -4.49. The first kappa shape index (κ1) is 34.4. The maximum absolute atomic E-state index is 13.7. The number of nitrogens with zero attached hydrogens (tertiary/aromatic N) is 1. The average Bonchev–Trinajstić information content (AvgIpc) is 3.09. The van der Waals surface area contributed by atoms with Gasteiger partial charge in [0.15, 0.2) is 0 Å². The molecule has 1 heterocycles. The predicted molar refractivity (Wildman–Crippen MR) is 180 cm³/mol. The molecular formula is C39H46N2O5. The summed E-state index contributed by atoms with van der Waals surface area (Å²) < 4.78 is 5.90. The lowest BCUT2D eigenvalue weighted by atomic mass is 9.92. The number of aliphatic hydroxyl groups is 1. The molecule has 3 aromatic carbocycles.